The average molecular weight is 625 g/mol. The van der Waals surface area contributed by atoms with E-state index in [9.17, 15) is 18.0 Å². The smallest absolute Gasteiger partial charge is 0.349 e. The van der Waals surface area contributed by atoms with E-state index in [1.807, 2.05) is 25.8 Å². The summed E-state index contributed by atoms with van der Waals surface area (Å²) >= 11 is 13.0. The van der Waals surface area contributed by atoms with Gasteiger partial charge in [0.15, 0.2) is 5.75 Å². The van der Waals surface area contributed by atoms with E-state index in [1.54, 1.807) is 54.7 Å². The van der Waals surface area contributed by atoms with Crippen molar-refractivity contribution < 1.29 is 13.2 Å². The molecule has 5 aromatic rings. The summed E-state index contributed by atoms with van der Waals surface area (Å²) in [7, 11) is -3.87. The summed E-state index contributed by atoms with van der Waals surface area (Å²) < 4.78 is 35.3. The lowest BCUT2D eigenvalue weighted by Gasteiger charge is -2.13. The van der Waals surface area contributed by atoms with E-state index in [2.05, 4.69) is 5.10 Å². The monoisotopic (exact) mass is 623 g/mol. The van der Waals surface area contributed by atoms with E-state index < -0.39 is 27.0 Å². The molecule has 10 nitrogen and oxygen atoms in total. The van der Waals surface area contributed by atoms with Crippen LogP contribution in [0.4, 0.5) is 0 Å². The van der Waals surface area contributed by atoms with Gasteiger partial charge < -0.3 is 4.74 Å². The quantitative estimate of drug-likeness (QED) is 0.249. The first kappa shape index (κ1) is 29.1. The van der Waals surface area contributed by atoms with Crippen molar-refractivity contribution >= 4 is 44.1 Å². The number of nitrogens with zero attached hydrogens (tertiary/aromatic N) is 4. The van der Waals surface area contributed by atoms with Gasteiger partial charge in [-0.05, 0) is 67.3 Å². The van der Waals surface area contributed by atoms with Crippen LogP contribution in [-0.4, -0.2) is 27.2 Å². The molecule has 0 aliphatic rings. The molecule has 0 fully saturated rings. The highest BCUT2D eigenvalue weighted by Gasteiger charge is 2.23. The number of ether oxygens (including phenoxy) is 1. The number of H-pyrrole nitrogens is 1. The first-order valence-electron chi connectivity index (χ1n) is 12.7. The van der Waals surface area contributed by atoms with Crippen LogP contribution in [0, 0.1) is 24.2 Å². The predicted octanol–water partition coefficient (Wildman–Crippen LogP) is 5.59. The molecule has 3 aromatic carbocycles. The van der Waals surface area contributed by atoms with E-state index in [0.717, 1.165) is 15.8 Å². The van der Waals surface area contributed by atoms with Gasteiger partial charge in [0, 0.05) is 11.6 Å². The molecule has 13 heteroatoms. The lowest BCUT2D eigenvalue weighted by molar-refractivity contribution is 0.483. The highest BCUT2D eigenvalue weighted by molar-refractivity contribution is 7.90. The fraction of sp³-hybridized carbons (Fsp3) is 0.172. The molecule has 0 aliphatic heterocycles. The van der Waals surface area contributed by atoms with Crippen LogP contribution in [0.15, 0.2) is 75.3 Å². The first-order chi connectivity index (χ1) is 19.9. The lowest BCUT2D eigenvalue weighted by atomic mass is 10.0. The van der Waals surface area contributed by atoms with Gasteiger partial charge in [0.1, 0.15) is 11.8 Å². The maximum atomic E-state index is 13.6. The molecule has 0 saturated carbocycles. The maximum absolute atomic E-state index is 13.6. The largest absolute Gasteiger partial charge is 0.454 e. The highest BCUT2D eigenvalue weighted by atomic mass is 35.5. The molecule has 2 heterocycles. The standard InChI is InChI=1S/C29H23Cl2N5O5S/c1-16(2)10-18-15-35(42(39,40)21-7-4-17(3)5-8-21)26-9-6-20(13-22(18)26)41-27-23(30)11-19(12-24(27)31)36-29(38)33-28(37)25(14-32)34-36/h4-9,11-13,15-16H,10H2,1-3H3,(H,33,37,38). The molecule has 1 N–H and O–H groups in total. The molecule has 2 aromatic heterocycles. The molecular weight excluding hydrogens is 601 g/mol. The second-order valence-corrected chi connectivity index (χ2v) is 12.6. The number of hydrogen-bond donors (Lipinski definition) is 1. The number of rotatable bonds is 7. The second-order valence-electron chi connectivity index (χ2n) is 10.0. The Morgan fingerprint density at radius 1 is 1.05 bits per heavy atom. The molecular formula is C29H23Cl2N5O5S. The fourth-order valence-electron chi connectivity index (χ4n) is 4.47. The Morgan fingerprint density at radius 2 is 1.71 bits per heavy atom. The van der Waals surface area contributed by atoms with Crippen molar-refractivity contribution in [1.29, 1.82) is 5.26 Å². The number of nitrogens with one attached hydrogen (secondary N) is 1. The van der Waals surface area contributed by atoms with Crippen LogP contribution in [0.1, 0.15) is 30.7 Å². The Kier molecular flexibility index (Phi) is 7.72. The van der Waals surface area contributed by atoms with Gasteiger partial charge in [-0.3, -0.25) is 9.78 Å². The van der Waals surface area contributed by atoms with Crippen molar-refractivity contribution in [3.8, 4) is 23.3 Å². The minimum atomic E-state index is -3.87. The molecule has 0 amide bonds. The summed E-state index contributed by atoms with van der Waals surface area (Å²) in [6.07, 6.45) is 2.26. The molecule has 0 atom stereocenters. The second kappa shape index (κ2) is 11.1. The van der Waals surface area contributed by atoms with Crippen LogP contribution in [0.5, 0.6) is 11.5 Å². The number of nitriles is 1. The molecule has 0 unspecified atom stereocenters. The van der Waals surface area contributed by atoms with Gasteiger partial charge in [0.05, 0.1) is 26.1 Å². The van der Waals surface area contributed by atoms with E-state index in [1.165, 1.54) is 16.1 Å². The number of aryl methyl sites for hydroxylation is 1. The van der Waals surface area contributed by atoms with Crippen molar-refractivity contribution in [1.82, 2.24) is 18.7 Å². The van der Waals surface area contributed by atoms with Gasteiger partial charge in [0.2, 0.25) is 5.69 Å². The summed E-state index contributed by atoms with van der Waals surface area (Å²) in [4.78, 5) is 26.2. The van der Waals surface area contributed by atoms with Crippen LogP contribution in [-0.2, 0) is 16.4 Å². The van der Waals surface area contributed by atoms with Crippen molar-refractivity contribution in [2.75, 3.05) is 0 Å². The molecule has 0 radical (unpaired) electrons. The van der Waals surface area contributed by atoms with Crippen LogP contribution in [0.2, 0.25) is 10.0 Å². The SMILES string of the molecule is Cc1ccc(S(=O)(=O)n2cc(CC(C)C)c3cc(Oc4c(Cl)cc(-n5nc(C#N)c(=O)[nH]c5=O)cc4Cl)ccc32)cc1. The number of benzene rings is 3. The molecule has 0 aliphatic carbocycles. The molecule has 0 bridgehead atoms. The number of aromatic amines is 1. The van der Waals surface area contributed by atoms with E-state index in [0.29, 0.717) is 23.1 Å². The maximum Gasteiger partial charge on any atom is 0.349 e. The van der Waals surface area contributed by atoms with Crippen molar-refractivity contribution in [3.05, 3.63) is 108 Å². The van der Waals surface area contributed by atoms with Crippen molar-refractivity contribution in [2.24, 2.45) is 5.92 Å². The molecule has 0 saturated heterocycles. The number of halogens is 2. The zero-order valence-electron chi connectivity index (χ0n) is 22.6. The van der Waals surface area contributed by atoms with Crippen LogP contribution in [0.3, 0.4) is 0 Å². The third kappa shape index (κ3) is 5.44. The Labute approximate surface area is 250 Å². The van der Waals surface area contributed by atoms with Crippen molar-refractivity contribution in [3.63, 3.8) is 0 Å². The molecule has 214 valence electrons. The molecule has 42 heavy (non-hydrogen) atoms. The average Bonchev–Trinajstić information content (AvgIpc) is 3.28. The number of fused-ring (bicyclic) bond motifs is 1. The zero-order chi connectivity index (χ0) is 30.3. The van der Waals surface area contributed by atoms with Gasteiger partial charge in [-0.15, -0.1) is 5.10 Å². The minimum Gasteiger partial charge on any atom is -0.454 e. The minimum absolute atomic E-state index is 0.0259. The van der Waals surface area contributed by atoms with E-state index in [4.69, 9.17) is 33.2 Å². The van der Waals surface area contributed by atoms with Gasteiger partial charge in [-0.25, -0.2) is 17.2 Å². The Bertz CT molecular complexity index is 2100. The predicted molar refractivity (Wildman–Crippen MR) is 160 cm³/mol. The summed E-state index contributed by atoms with van der Waals surface area (Å²) in [5, 5.41) is 13.6. The summed E-state index contributed by atoms with van der Waals surface area (Å²) in [6.45, 7) is 5.98. The van der Waals surface area contributed by atoms with E-state index >= 15 is 0 Å². The van der Waals surface area contributed by atoms with Crippen LogP contribution < -0.4 is 16.0 Å². The van der Waals surface area contributed by atoms with Crippen LogP contribution >= 0.6 is 23.2 Å². The van der Waals surface area contributed by atoms with Gasteiger partial charge in [-0.2, -0.15) is 9.94 Å². The highest BCUT2D eigenvalue weighted by Crippen LogP contribution is 2.39. The first-order valence-corrected chi connectivity index (χ1v) is 14.9. The third-order valence-corrected chi connectivity index (χ3v) is 8.66. The summed E-state index contributed by atoms with van der Waals surface area (Å²) in [5.41, 5.74) is 0.0603. The third-order valence-electron chi connectivity index (χ3n) is 6.41. The van der Waals surface area contributed by atoms with Crippen LogP contribution in [0.25, 0.3) is 16.6 Å². The Hall–Kier alpha value is -4.37. The van der Waals surface area contributed by atoms with E-state index in [-0.39, 0.29) is 32.3 Å². The lowest BCUT2D eigenvalue weighted by Crippen LogP contribution is -2.33. The van der Waals surface area contributed by atoms with Gasteiger partial charge in [0.25, 0.3) is 15.6 Å². The van der Waals surface area contributed by atoms with Crippen molar-refractivity contribution in [2.45, 2.75) is 32.1 Å². The molecule has 5 rings (SSSR count). The molecule has 0 spiro atoms. The normalized spacial score (nSPS) is 11.6. The zero-order valence-corrected chi connectivity index (χ0v) is 24.9. The number of aromatic nitrogens is 4. The van der Waals surface area contributed by atoms with Gasteiger partial charge in [-0.1, -0.05) is 54.7 Å². The topological polar surface area (TPSA) is 140 Å². The number of hydrogen-bond acceptors (Lipinski definition) is 7. The Morgan fingerprint density at radius 3 is 2.33 bits per heavy atom. The van der Waals surface area contributed by atoms with Gasteiger partial charge >= 0.3 is 5.69 Å². The summed E-state index contributed by atoms with van der Waals surface area (Å²) in [6, 6.07) is 16.0. The fourth-order valence-corrected chi connectivity index (χ4v) is 6.41. The Balaban J connectivity index is 1.56. The summed E-state index contributed by atoms with van der Waals surface area (Å²) in [5.74, 6) is 0.677.